The van der Waals surface area contributed by atoms with E-state index in [0.717, 1.165) is 18.5 Å². The van der Waals surface area contributed by atoms with Gasteiger partial charge in [0.05, 0.1) is 4.90 Å². The number of hydrogen-bond donors (Lipinski definition) is 3. The molecule has 6 heteroatoms. The van der Waals surface area contributed by atoms with Crippen LogP contribution in [0, 0.1) is 5.92 Å². The molecular weight excluding hydrogens is 238 g/mol. The molecule has 0 radical (unpaired) electrons. The lowest BCUT2D eigenvalue weighted by Crippen LogP contribution is -2.28. The van der Waals surface area contributed by atoms with Gasteiger partial charge in [-0.05, 0) is 24.8 Å². The molecular formula is C11H19N3O2S. The summed E-state index contributed by atoms with van der Waals surface area (Å²) in [5, 5.41) is 0. The highest BCUT2D eigenvalue weighted by atomic mass is 32.2. The van der Waals surface area contributed by atoms with Gasteiger partial charge in [-0.3, -0.25) is 0 Å². The minimum atomic E-state index is -3.37. The maximum Gasteiger partial charge on any atom is 0.242 e. The van der Waals surface area contributed by atoms with Crippen molar-refractivity contribution in [2.45, 2.75) is 37.1 Å². The molecule has 0 aliphatic heterocycles. The molecule has 0 spiro atoms. The molecule has 2 rings (SSSR count). The largest absolute Gasteiger partial charge is 0.363 e. The summed E-state index contributed by atoms with van der Waals surface area (Å²) < 4.78 is 26.6. The van der Waals surface area contributed by atoms with Gasteiger partial charge >= 0.3 is 0 Å². The van der Waals surface area contributed by atoms with Crippen LogP contribution < -0.4 is 10.5 Å². The van der Waals surface area contributed by atoms with Crippen LogP contribution in [0.2, 0.25) is 0 Å². The molecule has 4 N–H and O–H groups in total. The van der Waals surface area contributed by atoms with Gasteiger partial charge < -0.3 is 10.7 Å². The zero-order valence-electron chi connectivity index (χ0n) is 9.78. The van der Waals surface area contributed by atoms with Crippen LogP contribution >= 0.6 is 0 Å². The fraction of sp³-hybridized carbons (Fsp3) is 0.636. The predicted molar refractivity (Wildman–Crippen MR) is 65.8 cm³/mol. The van der Waals surface area contributed by atoms with E-state index < -0.39 is 10.0 Å². The monoisotopic (exact) mass is 257 g/mol. The molecule has 5 nitrogen and oxygen atoms in total. The van der Waals surface area contributed by atoms with Crippen molar-refractivity contribution >= 4 is 10.0 Å². The number of H-pyrrole nitrogens is 1. The van der Waals surface area contributed by atoms with Gasteiger partial charge in [0.2, 0.25) is 10.0 Å². The molecule has 0 saturated heterocycles. The minimum absolute atomic E-state index is 0.274. The summed E-state index contributed by atoms with van der Waals surface area (Å²) >= 11 is 0. The van der Waals surface area contributed by atoms with E-state index in [9.17, 15) is 8.42 Å². The Labute approximate surface area is 102 Å². The molecule has 0 unspecified atom stereocenters. The quantitative estimate of drug-likeness (QED) is 0.733. The Morgan fingerprint density at radius 1 is 1.41 bits per heavy atom. The molecule has 17 heavy (non-hydrogen) atoms. The summed E-state index contributed by atoms with van der Waals surface area (Å²) in [4.78, 5) is 3.12. The number of sulfonamides is 1. The Kier molecular flexibility index (Phi) is 3.86. The van der Waals surface area contributed by atoms with E-state index in [1.165, 1.54) is 19.0 Å². The Balaban J connectivity index is 1.97. The molecule has 0 bridgehead atoms. The Hall–Kier alpha value is -0.850. The molecule has 1 aliphatic rings. The van der Waals surface area contributed by atoms with E-state index in [-0.39, 0.29) is 4.90 Å². The van der Waals surface area contributed by atoms with E-state index >= 15 is 0 Å². The van der Waals surface area contributed by atoms with Crippen LogP contribution in [-0.2, 0) is 16.6 Å². The van der Waals surface area contributed by atoms with Gasteiger partial charge in [-0.25, -0.2) is 13.1 Å². The van der Waals surface area contributed by atoms with Crippen molar-refractivity contribution in [3.8, 4) is 0 Å². The van der Waals surface area contributed by atoms with Gasteiger partial charge in [-0.1, -0.05) is 12.8 Å². The van der Waals surface area contributed by atoms with Gasteiger partial charge in [0.1, 0.15) is 0 Å². The molecule has 0 amide bonds. The Bertz CT molecular complexity index is 461. The Morgan fingerprint density at radius 2 is 2.12 bits per heavy atom. The second kappa shape index (κ2) is 5.20. The first-order valence-electron chi connectivity index (χ1n) is 5.99. The molecule has 0 atom stereocenters. The van der Waals surface area contributed by atoms with Crippen LogP contribution in [0.25, 0.3) is 0 Å². The first kappa shape index (κ1) is 12.6. The maximum atomic E-state index is 11.9. The summed E-state index contributed by atoms with van der Waals surface area (Å²) in [5.41, 5.74) is 6.16. The summed E-state index contributed by atoms with van der Waals surface area (Å²) in [6.45, 7) is 0.865. The van der Waals surface area contributed by atoms with Crippen LogP contribution in [0.5, 0.6) is 0 Å². The number of nitrogens with two attached hydrogens (primary N) is 1. The van der Waals surface area contributed by atoms with E-state index in [1.54, 1.807) is 6.07 Å². The molecule has 1 aromatic heterocycles. The smallest absolute Gasteiger partial charge is 0.242 e. The number of aromatic nitrogens is 1. The summed E-state index contributed by atoms with van der Waals surface area (Å²) in [5.74, 6) is 0.498. The summed E-state index contributed by atoms with van der Waals surface area (Å²) in [6.07, 6.45) is 6.17. The average Bonchev–Trinajstić information content (AvgIpc) is 2.98. The highest BCUT2D eigenvalue weighted by Gasteiger charge is 2.20. The van der Waals surface area contributed by atoms with Gasteiger partial charge in [-0.2, -0.15) is 0 Å². The molecule has 1 aliphatic carbocycles. The van der Waals surface area contributed by atoms with Crippen LogP contribution in [0.4, 0.5) is 0 Å². The van der Waals surface area contributed by atoms with Crippen LogP contribution in [-0.4, -0.2) is 19.9 Å². The van der Waals surface area contributed by atoms with Crippen molar-refractivity contribution in [1.82, 2.24) is 9.71 Å². The lowest BCUT2D eigenvalue weighted by Gasteiger charge is -2.09. The third-order valence-electron chi connectivity index (χ3n) is 3.28. The van der Waals surface area contributed by atoms with Crippen molar-refractivity contribution in [3.63, 3.8) is 0 Å². The lowest BCUT2D eigenvalue weighted by molar-refractivity contribution is 0.519. The van der Waals surface area contributed by atoms with Gasteiger partial charge in [0, 0.05) is 25.0 Å². The second-order valence-electron chi connectivity index (χ2n) is 4.57. The van der Waals surface area contributed by atoms with Crippen molar-refractivity contribution in [2.24, 2.45) is 11.7 Å². The average molecular weight is 257 g/mol. The molecule has 0 aromatic carbocycles. The SMILES string of the molecule is NCc1cc(S(=O)(=O)NCC2CCCC2)c[nH]1. The summed E-state index contributed by atoms with van der Waals surface area (Å²) in [7, 11) is -3.37. The first-order valence-corrected chi connectivity index (χ1v) is 7.47. The van der Waals surface area contributed by atoms with Crippen LogP contribution in [0.1, 0.15) is 31.4 Å². The van der Waals surface area contributed by atoms with Crippen molar-refractivity contribution in [2.75, 3.05) is 6.54 Å². The molecule has 1 heterocycles. The van der Waals surface area contributed by atoms with Gasteiger partial charge in [0.25, 0.3) is 0 Å². The molecule has 1 saturated carbocycles. The highest BCUT2D eigenvalue weighted by molar-refractivity contribution is 7.89. The number of nitrogens with one attached hydrogen (secondary N) is 2. The van der Waals surface area contributed by atoms with Crippen molar-refractivity contribution in [3.05, 3.63) is 18.0 Å². The molecule has 1 aromatic rings. The van der Waals surface area contributed by atoms with Crippen LogP contribution in [0.15, 0.2) is 17.2 Å². The van der Waals surface area contributed by atoms with E-state index in [1.807, 2.05) is 0 Å². The van der Waals surface area contributed by atoms with Gasteiger partial charge in [-0.15, -0.1) is 0 Å². The molecule has 1 fully saturated rings. The molecule has 96 valence electrons. The second-order valence-corrected chi connectivity index (χ2v) is 6.33. The van der Waals surface area contributed by atoms with Gasteiger partial charge in [0.15, 0.2) is 0 Å². The lowest BCUT2D eigenvalue weighted by atomic mass is 10.1. The number of aromatic amines is 1. The maximum absolute atomic E-state index is 11.9. The van der Waals surface area contributed by atoms with E-state index in [4.69, 9.17) is 5.73 Å². The zero-order chi connectivity index (χ0) is 12.3. The van der Waals surface area contributed by atoms with Crippen molar-refractivity contribution < 1.29 is 8.42 Å². The first-order chi connectivity index (χ1) is 8.12. The summed E-state index contributed by atoms with van der Waals surface area (Å²) in [6, 6.07) is 1.58. The van der Waals surface area contributed by atoms with E-state index in [0.29, 0.717) is 19.0 Å². The zero-order valence-corrected chi connectivity index (χ0v) is 10.6. The van der Waals surface area contributed by atoms with Crippen molar-refractivity contribution in [1.29, 1.82) is 0 Å². The third-order valence-corrected chi connectivity index (χ3v) is 4.69. The number of rotatable bonds is 5. The predicted octanol–water partition coefficient (Wildman–Crippen LogP) is 0.942. The minimum Gasteiger partial charge on any atom is -0.363 e. The third kappa shape index (κ3) is 3.08. The highest BCUT2D eigenvalue weighted by Crippen LogP contribution is 2.24. The standard InChI is InChI=1S/C11H19N3O2S/c12-6-10-5-11(8-13-10)17(15,16)14-7-9-3-1-2-4-9/h5,8-9,13-14H,1-4,6-7,12H2. The van der Waals surface area contributed by atoms with Crippen LogP contribution in [0.3, 0.4) is 0 Å². The number of hydrogen-bond acceptors (Lipinski definition) is 3. The Morgan fingerprint density at radius 3 is 2.71 bits per heavy atom. The topological polar surface area (TPSA) is 88.0 Å². The van der Waals surface area contributed by atoms with E-state index in [2.05, 4.69) is 9.71 Å². The normalized spacial score (nSPS) is 17.7. The fourth-order valence-electron chi connectivity index (χ4n) is 2.22. The fourth-order valence-corrected chi connectivity index (χ4v) is 3.35.